The lowest BCUT2D eigenvalue weighted by Gasteiger charge is -2.31. The van der Waals surface area contributed by atoms with E-state index in [9.17, 15) is 0 Å². The van der Waals surface area contributed by atoms with Crippen molar-refractivity contribution in [1.82, 2.24) is 5.32 Å². The van der Waals surface area contributed by atoms with Gasteiger partial charge in [0.2, 0.25) is 0 Å². The van der Waals surface area contributed by atoms with Gasteiger partial charge in [-0.1, -0.05) is 44.4 Å². The van der Waals surface area contributed by atoms with Crippen LogP contribution < -0.4 is 5.32 Å². The molecule has 1 heterocycles. The molecule has 1 atom stereocenters. The van der Waals surface area contributed by atoms with Gasteiger partial charge in [0.15, 0.2) is 0 Å². The average molecular weight is 287 g/mol. The topological polar surface area (TPSA) is 12.0 Å². The van der Waals surface area contributed by atoms with Crippen molar-refractivity contribution < 1.29 is 0 Å². The minimum atomic E-state index is 0.665. The van der Waals surface area contributed by atoms with E-state index < -0.39 is 0 Å². The van der Waals surface area contributed by atoms with Gasteiger partial charge in [-0.25, -0.2) is 0 Å². The summed E-state index contributed by atoms with van der Waals surface area (Å²) in [6, 6.07) is 9.50. The van der Waals surface area contributed by atoms with Gasteiger partial charge in [-0.15, -0.1) is 11.3 Å². The minimum Gasteiger partial charge on any atom is -0.314 e. The Balaban J connectivity index is 1.78. The molecule has 1 saturated carbocycles. The molecule has 1 aliphatic rings. The molecule has 3 rings (SSSR count). The largest absolute Gasteiger partial charge is 0.314 e. The Morgan fingerprint density at radius 2 is 2.00 bits per heavy atom. The summed E-state index contributed by atoms with van der Waals surface area (Å²) in [7, 11) is 0. The molecule has 0 amide bonds. The Labute approximate surface area is 126 Å². The van der Waals surface area contributed by atoms with Crippen LogP contribution in [0.1, 0.15) is 44.6 Å². The van der Waals surface area contributed by atoms with Crippen molar-refractivity contribution in [3.8, 4) is 0 Å². The van der Waals surface area contributed by atoms with Crippen LogP contribution in [-0.4, -0.2) is 12.6 Å². The second-order valence-electron chi connectivity index (χ2n) is 6.02. The number of hydrogen-bond acceptors (Lipinski definition) is 2. The molecule has 1 nitrogen and oxygen atoms in total. The summed E-state index contributed by atoms with van der Waals surface area (Å²) in [5, 5.41) is 7.60. The van der Waals surface area contributed by atoms with Crippen molar-refractivity contribution >= 4 is 21.4 Å². The average Bonchev–Trinajstić information content (AvgIpc) is 2.91. The third kappa shape index (κ3) is 3.07. The number of benzene rings is 1. The first-order chi connectivity index (χ1) is 9.88. The Bertz CT molecular complexity index is 539. The van der Waals surface area contributed by atoms with Gasteiger partial charge < -0.3 is 5.32 Å². The zero-order valence-electron chi connectivity index (χ0n) is 12.4. The second kappa shape index (κ2) is 6.73. The highest BCUT2D eigenvalue weighted by Crippen LogP contribution is 2.31. The summed E-state index contributed by atoms with van der Waals surface area (Å²) in [4.78, 5) is 0. The number of nitrogens with one attached hydrogen (secondary N) is 1. The summed E-state index contributed by atoms with van der Waals surface area (Å²) in [6.07, 6.45) is 8.33. The summed E-state index contributed by atoms with van der Waals surface area (Å²) in [6.45, 7) is 3.32. The van der Waals surface area contributed by atoms with Gasteiger partial charge in [0, 0.05) is 10.7 Å². The lowest BCUT2D eigenvalue weighted by Crippen LogP contribution is -2.38. The molecule has 20 heavy (non-hydrogen) atoms. The van der Waals surface area contributed by atoms with Crippen LogP contribution in [-0.2, 0) is 6.42 Å². The summed E-state index contributed by atoms with van der Waals surface area (Å²) in [5.74, 6) is 0.877. The van der Waals surface area contributed by atoms with E-state index in [0.29, 0.717) is 6.04 Å². The van der Waals surface area contributed by atoms with Crippen LogP contribution in [0.5, 0.6) is 0 Å². The predicted molar refractivity (Wildman–Crippen MR) is 89.6 cm³/mol. The lowest BCUT2D eigenvalue weighted by molar-refractivity contribution is 0.270. The van der Waals surface area contributed by atoms with Crippen LogP contribution in [0.25, 0.3) is 10.1 Å². The maximum absolute atomic E-state index is 3.76. The maximum atomic E-state index is 3.76. The van der Waals surface area contributed by atoms with Gasteiger partial charge in [0.05, 0.1) is 0 Å². The molecule has 0 radical (unpaired) electrons. The molecule has 1 unspecified atom stereocenters. The highest BCUT2D eigenvalue weighted by atomic mass is 32.1. The zero-order valence-corrected chi connectivity index (χ0v) is 13.2. The van der Waals surface area contributed by atoms with E-state index in [0.717, 1.165) is 12.5 Å². The number of likely N-dealkylation sites (N-methyl/N-ethyl adjacent to an activating group) is 1. The number of rotatable bonds is 5. The Morgan fingerprint density at radius 1 is 1.20 bits per heavy atom. The van der Waals surface area contributed by atoms with E-state index in [4.69, 9.17) is 0 Å². The molecule has 0 saturated heterocycles. The number of thiophene rings is 1. The van der Waals surface area contributed by atoms with Crippen molar-refractivity contribution in [2.45, 2.75) is 51.5 Å². The fourth-order valence-corrected chi connectivity index (χ4v) is 4.61. The lowest BCUT2D eigenvalue weighted by atomic mass is 9.81. The van der Waals surface area contributed by atoms with Gasteiger partial charge in [0.25, 0.3) is 0 Å². The standard InChI is InChI=1S/C18H25NS/c1-2-19-17(14-8-4-3-5-9-14)12-15-13-20-18-11-7-6-10-16(15)18/h6-7,10-11,13-14,17,19H,2-5,8-9,12H2,1H3. The van der Waals surface area contributed by atoms with E-state index in [2.05, 4.69) is 41.9 Å². The third-order valence-corrected chi connectivity index (χ3v) is 5.70. The van der Waals surface area contributed by atoms with Crippen LogP contribution >= 0.6 is 11.3 Å². The van der Waals surface area contributed by atoms with E-state index in [1.54, 1.807) is 5.56 Å². The predicted octanol–water partition coefficient (Wildman–Crippen LogP) is 5.00. The normalized spacial score (nSPS) is 18.4. The molecule has 0 bridgehead atoms. The first-order valence-electron chi connectivity index (χ1n) is 8.07. The van der Waals surface area contributed by atoms with Crippen LogP contribution in [0.2, 0.25) is 0 Å². The first-order valence-corrected chi connectivity index (χ1v) is 8.95. The van der Waals surface area contributed by atoms with Crippen molar-refractivity contribution in [2.24, 2.45) is 5.92 Å². The molecule has 2 aromatic rings. The van der Waals surface area contributed by atoms with Crippen molar-refractivity contribution in [1.29, 1.82) is 0 Å². The monoisotopic (exact) mass is 287 g/mol. The molecule has 1 aromatic carbocycles. The number of fused-ring (bicyclic) bond motifs is 1. The second-order valence-corrected chi connectivity index (χ2v) is 6.93. The van der Waals surface area contributed by atoms with Crippen molar-refractivity contribution in [3.63, 3.8) is 0 Å². The van der Waals surface area contributed by atoms with Gasteiger partial charge in [-0.2, -0.15) is 0 Å². The molecule has 2 heteroatoms. The molecule has 0 spiro atoms. The zero-order chi connectivity index (χ0) is 13.8. The van der Waals surface area contributed by atoms with Crippen molar-refractivity contribution in [3.05, 3.63) is 35.2 Å². The van der Waals surface area contributed by atoms with E-state index in [1.165, 1.54) is 48.6 Å². The van der Waals surface area contributed by atoms with Gasteiger partial charge in [0.1, 0.15) is 0 Å². The summed E-state index contributed by atoms with van der Waals surface area (Å²) < 4.78 is 1.43. The smallest absolute Gasteiger partial charge is 0.0345 e. The molecule has 1 aliphatic carbocycles. The molecular weight excluding hydrogens is 262 g/mol. The maximum Gasteiger partial charge on any atom is 0.0345 e. The minimum absolute atomic E-state index is 0.665. The van der Waals surface area contributed by atoms with Gasteiger partial charge in [-0.3, -0.25) is 0 Å². The Morgan fingerprint density at radius 3 is 2.80 bits per heavy atom. The van der Waals surface area contributed by atoms with Crippen molar-refractivity contribution in [2.75, 3.05) is 6.54 Å². The fraction of sp³-hybridized carbons (Fsp3) is 0.556. The third-order valence-electron chi connectivity index (χ3n) is 4.69. The molecule has 1 fully saturated rings. The number of hydrogen-bond donors (Lipinski definition) is 1. The van der Waals surface area contributed by atoms with Crippen LogP contribution in [0.3, 0.4) is 0 Å². The first kappa shape index (κ1) is 14.1. The summed E-state index contributed by atoms with van der Waals surface area (Å²) >= 11 is 1.89. The molecule has 0 aliphatic heterocycles. The fourth-order valence-electron chi connectivity index (χ4n) is 3.63. The van der Waals surface area contributed by atoms with E-state index in [-0.39, 0.29) is 0 Å². The highest BCUT2D eigenvalue weighted by Gasteiger charge is 2.23. The van der Waals surface area contributed by atoms with E-state index in [1.807, 2.05) is 11.3 Å². The molecular formula is C18H25NS. The molecule has 1 aromatic heterocycles. The molecule has 1 N–H and O–H groups in total. The van der Waals surface area contributed by atoms with Crippen LogP contribution in [0.4, 0.5) is 0 Å². The Hall–Kier alpha value is -0.860. The quantitative estimate of drug-likeness (QED) is 0.816. The summed E-state index contributed by atoms with van der Waals surface area (Å²) in [5.41, 5.74) is 1.54. The van der Waals surface area contributed by atoms with Gasteiger partial charge in [-0.05, 0) is 54.1 Å². The van der Waals surface area contributed by atoms with Crippen LogP contribution in [0.15, 0.2) is 29.6 Å². The van der Waals surface area contributed by atoms with Gasteiger partial charge >= 0.3 is 0 Å². The SMILES string of the molecule is CCNC(Cc1csc2ccccc12)C1CCCCC1. The Kier molecular flexibility index (Phi) is 4.74. The molecule has 108 valence electrons. The highest BCUT2D eigenvalue weighted by molar-refractivity contribution is 7.17. The van der Waals surface area contributed by atoms with E-state index >= 15 is 0 Å². The van der Waals surface area contributed by atoms with Crippen LogP contribution in [0, 0.1) is 5.92 Å².